The summed E-state index contributed by atoms with van der Waals surface area (Å²) < 4.78 is 11.2. The first-order valence-corrected chi connectivity index (χ1v) is 9.45. The second kappa shape index (κ2) is 8.74. The summed E-state index contributed by atoms with van der Waals surface area (Å²) in [5.41, 5.74) is 3.13. The van der Waals surface area contributed by atoms with Gasteiger partial charge in [0.1, 0.15) is 18.0 Å². The quantitative estimate of drug-likeness (QED) is 0.401. The number of carbonyl (C=O) groups is 2. The molecule has 0 heterocycles. The first-order chi connectivity index (χ1) is 13.9. The number of rotatable bonds is 6. The van der Waals surface area contributed by atoms with Gasteiger partial charge in [-0.15, -0.1) is 0 Å². The molecule has 0 aromatic heterocycles. The topological polar surface area (TPSA) is 52.6 Å². The van der Waals surface area contributed by atoms with Gasteiger partial charge in [-0.05, 0) is 67.8 Å². The third-order valence-electron chi connectivity index (χ3n) is 4.23. The van der Waals surface area contributed by atoms with Crippen LogP contribution in [0.1, 0.15) is 47.1 Å². The molecule has 0 saturated carbocycles. The molecule has 4 heteroatoms. The van der Waals surface area contributed by atoms with Crippen molar-refractivity contribution in [1.29, 1.82) is 0 Å². The maximum Gasteiger partial charge on any atom is 0.338 e. The molecule has 3 aromatic rings. The van der Waals surface area contributed by atoms with Gasteiger partial charge in [0.25, 0.3) is 0 Å². The lowest BCUT2D eigenvalue weighted by molar-refractivity contribution is 0.00695. The lowest BCUT2D eigenvalue weighted by Gasteiger charge is -2.19. The van der Waals surface area contributed by atoms with Crippen LogP contribution < -0.4 is 4.74 Å². The minimum atomic E-state index is -0.546. The van der Waals surface area contributed by atoms with E-state index in [1.807, 2.05) is 75.4 Å². The normalized spacial score (nSPS) is 11.0. The molecular formula is C25H24O4. The maximum atomic E-state index is 12.2. The Labute approximate surface area is 171 Å². The van der Waals surface area contributed by atoms with Crippen molar-refractivity contribution < 1.29 is 19.1 Å². The van der Waals surface area contributed by atoms with E-state index in [4.69, 9.17) is 9.47 Å². The lowest BCUT2D eigenvalue weighted by Crippen LogP contribution is -2.23. The average Bonchev–Trinajstić information content (AvgIpc) is 2.71. The van der Waals surface area contributed by atoms with Gasteiger partial charge in [0.2, 0.25) is 0 Å². The van der Waals surface area contributed by atoms with Crippen molar-refractivity contribution in [3.05, 3.63) is 89.5 Å². The first-order valence-electron chi connectivity index (χ1n) is 9.45. The molecule has 0 spiro atoms. The van der Waals surface area contributed by atoms with Crippen LogP contribution in [0, 0.1) is 0 Å². The Balaban J connectivity index is 1.76. The molecule has 0 fully saturated rings. The van der Waals surface area contributed by atoms with Gasteiger partial charge in [0.05, 0.1) is 5.56 Å². The second-order valence-electron chi connectivity index (χ2n) is 7.72. The zero-order valence-corrected chi connectivity index (χ0v) is 16.8. The molecular weight excluding hydrogens is 364 g/mol. The molecule has 0 aliphatic rings. The highest BCUT2D eigenvalue weighted by molar-refractivity contribution is 5.92. The SMILES string of the molecule is CC(C)(C)OC(=O)c1ccc(-c2ccc(OCc3ccccc3)cc2C=O)cc1. The van der Waals surface area contributed by atoms with Crippen LogP contribution in [-0.2, 0) is 11.3 Å². The molecule has 3 rings (SSSR count). The van der Waals surface area contributed by atoms with Crippen LogP contribution in [0.15, 0.2) is 72.8 Å². The molecule has 0 bridgehead atoms. The number of ether oxygens (including phenoxy) is 2. The van der Waals surface area contributed by atoms with Crippen molar-refractivity contribution in [2.75, 3.05) is 0 Å². The van der Waals surface area contributed by atoms with Crippen molar-refractivity contribution in [2.45, 2.75) is 33.0 Å². The van der Waals surface area contributed by atoms with Gasteiger partial charge >= 0.3 is 5.97 Å². The number of hydrogen-bond donors (Lipinski definition) is 0. The Morgan fingerprint density at radius 1 is 0.931 bits per heavy atom. The Hall–Kier alpha value is -3.40. The number of aldehydes is 1. The van der Waals surface area contributed by atoms with E-state index in [9.17, 15) is 9.59 Å². The summed E-state index contributed by atoms with van der Waals surface area (Å²) in [6.45, 7) is 5.92. The van der Waals surface area contributed by atoms with E-state index in [0.29, 0.717) is 23.5 Å². The highest BCUT2D eigenvalue weighted by atomic mass is 16.6. The fourth-order valence-electron chi connectivity index (χ4n) is 2.85. The van der Waals surface area contributed by atoms with Crippen LogP contribution in [-0.4, -0.2) is 17.9 Å². The third-order valence-corrected chi connectivity index (χ3v) is 4.23. The van der Waals surface area contributed by atoms with Crippen LogP contribution in [0.4, 0.5) is 0 Å². The van der Waals surface area contributed by atoms with Crippen molar-refractivity contribution in [2.24, 2.45) is 0 Å². The fourth-order valence-corrected chi connectivity index (χ4v) is 2.85. The van der Waals surface area contributed by atoms with Gasteiger partial charge in [0.15, 0.2) is 6.29 Å². The minimum absolute atomic E-state index is 0.371. The Kier molecular flexibility index (Phi) is 6.13. The van der Waals surface area contributed by atoms with Gasteiger partial charge in [-0.1, -0.05) is 42.5 Å². The summed E-state index contributed by atoms with van der Waals surface area (Å²) in [5, 5.41) is 0. The summed E-state index contributed by atoms with van der Waals surface area (Å²) in [6, 6.07) is 22.3. The fraction of sp³-hybridized carbons (Fsp3) is 0.200. The molecule has 29 heavy (non-hydrogen) atoms. The maximum absolute atomic E-state index is 12.2. The predicted molar refractivity (Wildman–Crippen MR) is 113 cm³/mol. The smallest absolute Gasteiger partial charge is 0.338 e. The van der Waals surface area contributed by atoms with E-state index < -0.39 is 5.60 Å². The Morgan fingerprint density at radius 2 is 1.62 bits per heavy atom. The molecule has 4 nitrogen and oxygen atoms in total. The molecule has 0 radical (unpaired) electrons. The number of benzene rings is 3. The average molecular weight is 388 g/mol. The predicted octanol–water partition coefficient (Wildman–Crippen LogP) is 5.70. The highest BCUT2D eigenvalue weighted by Crippen LogP contribution is 2.27. The van der Waals surface area contributed by atoms with Crippen molar-refractivity contribution in [3.8, 4) is 16.9 Å². The first kappa shape index (κ1) is 20.3. The van der Waals surface area contributed by atoms with Crippen LogP contribution in [0.25, 0.3) is 11.1 Å². The summed E-state index contributed by atoms with van der Waals surface area (Å²) >= 11 is 0. The Morgan fingerprint density at radius 3 is 2.24 bits per heavy atom. The second-order valence-corrected chi connectivity index (χ2v) is 7.72. The van der Waals surface area contributed by atoms with Gasteiger partial charge in [-0.3, -0.25) is 4.79 Å². The summed E-state index contributed by atoms with van der Waals surface area (Å²) in [7, 11) is 0. The lowest BCUT2D eigenvalue weighted by atomic mass is 9.99. The van der Waals surface area contributed by atoms with E-state index in [2.05, 4.69) is 0 Å². The number of carbonyl (C=O) groups excluding carboxylic acids is 2. The molecule has 3 aromatic carbocycles. The molecule has 0 saturated heterocycles. The van der Waals surface area contributed by atoms with Crippen LogP contribution in [0.3, 0.4) is 0 Å². The van der Waals surface area contributed by atoms with Crippen molar-refractivity contribution in [3.63, 3.8) is 0 Å². The summed E-state index contributed by atoms with van der Waals surface area (Å²) in [6.07, 6.45) is 0.812. The van der Waals surface area contributed by atoms with E-state index in [0.717, 1.165) is 23.0 Å². The third kappa shape index (κ3) is 5.55. The summed E-state index contributed by atoms with van der Waals surface area (Å²) in [4.78, 5) is 23.8. The minimum Gasteiger partial charge on any atom is -0.489 e. The molecule has 0 atom stereocenters. The van der Waals surface area contributed by atoms with Crippen molar-refractivity contribution in [1.82, 2.24) is 0 Å². The molecule has 0 aliphatic heterocycles. The van der Waals surface area contributed by atoms with E-state index in [-0.39, 0.29) is 5.97 Å². The molecule has 0 amide bonds. The largest absolute Gasteiger partial charge is 0.489 e. The Bertz CT molecular complexity index is 984. The highest BCUT2D eigenvalue weighted by Gasteiger charge is 2.18. The van der Waals surface area contributed by atoms with Gasteiger partial charge in [0, 0.05) is 5.56 Å². The number of hydrogen-bond acceptors (Lipinski definition) is 4. The molecule has 0 unspecified atom stereocenters. The van der Waals surface area contributed by atoms with E-state index >= 15 is 0 Å². The van der Waals surface area contributed by atoms with Crippen LogP contribution in [0.5, 0.6) is 5.75 Å². The molecule has 0 N–H and O–H groups in total. The van der Waals surface area contributed by atoms with Crippen LogP contribution >= 0.6 is 0 Å². The van der Waals surface area contributed by atoms with E-state index in [1.54, 1.807) is 18.2 Å². The van der Waals surface area contributed by atoms with E-state index in [1.165, 1.54) is 0 Å². The zero-order chi connectivity index (χ0) is 20.9. The van der Waals surface area contributed by atoms with Gasteiger partial charge < -0.3 is 9.47 Å². The van der Waals surface area contributed by atoms with Gasteiger partial charge in [-0.2, -0.15) is 0 Å². The van der Waals surface area contributed by atoms with Crippen LogP contribution in [0.2, 0.25) is 0 Å². The van der Waals surface area contributed by atoms with Gasteiger partial charge in [-0.25, -0.2) is 4.79 Å². The monoisotopic (exact) mass is 388 g/mol. The molecule has 148 valence electrons. The number of esters is 1. The summed E-state index contributed by atoms with van der Waals surface area (Å²) in [5.74, 6) is 0.259. The molecule has 0 aliphatic carbocycles. The zero-order valence-electron chi connectivity index (χ0n) is 16.8. The van der Waals surface area contributed by atoms with Crippen molar-refractivity contribution >= 4 is 12.3 Å². The standard InChI is InChI=1S/C25H24O4/c1-25(2,3)29-24(27)20-11-9-19(10-12-20)23-14-13-22(15-21(23)16-26)28-17-18-7-5-4-6-8-18/h4-16H,17H2,1-3H3.